The Morgan fingerprint density at radius 3 is 2.54 bits per heavy atom. The maximum Gasteiger partial charge on any atom is 0.283 e. The number of nitro benzene ring substituents is 1. The number of carbonyl (C=O) groups is 1. The van der Waals surface area contributed by atoms with Crippen LogP contribution in [0.25, 0.3) is 0 Å². The molecule has 0 unspecified atom stereocenters. The molecule has 10 heteroatoms. The van der Waals surface area contributed by atoms with Crippen LogP contribution >= 0.6 is 35.0 Å². The van der Waals surface area contributed by atoms with Gasteiger partial charge in [0, 0.05) is 36.2 Å². The topological polar surface area (TPSA) is 84.7 Å². The van der Waals surface area contributed by atoms with Crippen molar-refractivity contribution < 1.29 is 14.5 Å². The highest BCUT2D eigenvalue weighted by Gasteiger charge is 2.19. The summed E-state index contributed by atoms with van der Waals surface area (Å²) in [5, 5.41) is 16.0. The summed E-state index contributed by atoms with van der Waals surface area (Å²) in [7, 11) is 0. The fraction of sp³-hybridized carbons (Fsp3) is 0.240. The molecule has 1 fully saturated rings. The van der Waals surface area contributed by atoms with Crippen molar-refractivity contribution in [2.24, 2.45) is 0 Å². The second-order valence-corrected chi connectivity index (χ2v) is 9.91. The highest BCUT2D eigenvalue weighted by atomic mass is 35.5. The molecule has 3 aromatic carbocycles. The molecule has 0 aromatic heterocycles. The number of nitro groups is 1. The molecule has 0 saturated carbocycles. The molecule has 0 bridgehead atoms. The first-order valence-electron chi connectivity index (χ1n) is 10.9. The second-order valence-electron chi connectivity index (χ2n) is 7.98. The Hall–Kier alpha value is -2.78. The number of benzene rings is 3. The Morgan fingerprint density at radius 2 is 1.86 bits per heavy atom. The molecule has 0 aliphatic carbocycles. The van der Waals surface area contributed by atoms with E-state index in [0.29, 0.717) is 40.3 Å². The lowest BCUT2D eigenvalue weighted by Crippen LogP contribution is -2.36. The van der Waals surface area contributed by atoms with E-state index in [1.54, 1.807) is 30.3 Å². The zero-order chi connectivity index (χ0) is 24.9. The van der Waals surface area contributed by atoms with E-state index in [-0.39, 0.29) is 16.4 Å². The molecule has 35 heavy (non-hydrogen) atoms. The van der Waals surface area contributed by atoms with Gasteiger partial charge in [-0.15, -0.1) is 0 Å². The Labute approximate surface area is 217 Å². The second kappa shape index (κ2) is 11.3. The van der Waals surface area contributed by atoms with Crippen molar-refractivity contribution in [3.05, 3.63) is 85.9 Å². The van der Waals surface area contributed by atoms with Gasteiger partial charge in [-0.1, -0.05) is 41.0 Å². The first-order chi connectivity index (χ1) is 16.8. The van der Waals surface area contributed by atoms with E-state index >= 15 is 0 Å². The van der Waals surface area contributed by atoms with Crippen LogP contribution in [0.2, 0.25) is 10.0 Å². The number of Topliss-reactive ketones (excluding diaryl/α,β-unsaturated/α-hetero) is 1. The third kappa shape index (κ3) is 6.27. The zero-order valence-electron chi connectivity index (χ0n) is 18.9. The van der Waals surface area contributed by atoms with E-state index < -0.39 is 0 Å². The third-order valence-corrected chi connectivity index (χ3v) is 7.37. The molecule has 182 valence electrons. The van der Waals surface area contributed by atoms with E-state index in [0.717, 1.165) is 34.9 Å². The van der Waals surface area contributed by atoms with Gasteiger partial charge in [0.2, 0.25) is 0 Å². The highest BCUT2D eigenvalue weighted by molar-refractivity contribution is 7.99. The van der Waals surface area contributed by atoms with E-state index in [4.69, 9.17) is 27.9 Å². The van der Waals surface area contributed by atoms with Gasteiger partial charge in [-0.05, 0) is 55.0 Å². The minimum atomic E-state index is -0.390. The number of hydrogen-bond acceptors (Lipinski definition) is 7. The molecule has 4 rings (SSSR count). The fourth-order valence-electron chi connectivity index (χ4n) is 3.74. The predicted molar refractivity (Wildman–Crippen MR) is 140 cm³/mol. The van der Waals surface area contributed by atoms with Gasteiger partial charge in [0.05, 0.1) is 44.5 Å². The van der Waals surface area contributed by atoms with Gasteiger partial charge in [-0.25, -0.2) is 0 Å². The molecule has 7 nitrogen and oxygen atoms in total. The number of ketones is 1. The Morgan fingerprint density at radius 1 is 1.09 bits per heavy atom. The van der Waals surface area contributed by atoms with Gasteiger partial charge in [0.15, 0.2) is 5.78 Å². The predicted octanol–water partition coefficient (Wildman–Crippen LogP) is 6.70. The Balaban J connectivity index is 1.57. The van der Waals surface area contributed by atoms with Crippen molar-refractivity contribution in [2.45, 2.75) is 23.3 Å². The van der Waals surface area contributed by atoms with Crippen molar-refractivity contribution in [1.82, 2.24) is 0 Å². The minimum absolute atomic E-state index is 0.00580. The summed E-state index contributed by atoms with van der Waals surface area (Å²) in [6.45, 7) is 4.66. The summed E-state index contributed by atoms with van der Waals surface area (Å²) < 4.78 is 5.46. The summed E-state index contributed by atoms with van der Waals surface area (Å²) >= 11 is 13.3. The van der Waals surface area contributed by atoms with Crippen LogP contribution in [0.15, 0.2) is 64.4 Å². The summed E-state index contributed by atoms with van der Waals surface area (Å²) in [4.78, 5) is 26.8. The average Bonchev–Trinajstić information content (AvgIpc) is 2.85. The monoisotopic (exact) mass is 531 g/mol. The van der Waals surface area contributed by atoms with Crippen molar-refractivity contribution in [1.29, 1.82) is 0 Å². The largest absolute Gasteiger partial charge is 0.379 e. The molecule has 0 radical (unpaired) electrons. The van der Waals surface area contributed by atoms with Crippen molar-refractivity contribution >= 4 is 57.8 Å². The molecule has 1 aliphatic heterocycles. The molecule has 0 spiro atoms. The highest BCUT2D eigenvalue weighted by Crippen LogP contribution is 2.38. The lowest BCUT2D eigenvalue weighted by Gasteiger charge is -2.31. The average molecular weight is 532 g/mol. The molecule has 3 aromatic rings. The SMILES string of the molecule is CC(=O)c1ccc(N2CCOCC2)c(NCc2ccc(Sc3ccc(Cl)c(Cl)c3)c([N+](=O)[O-])c2)c1. The van der Waals surface area contributed by atoms with Gasteiger partial charge in [-0.2, -0.15) is 0 Å². The van der Waals surface area contributed by atoms with Crippen LogP contribution in [0.1, 0.15) is 22.8 Å². The van der Waals surface area contributed by atoms with E-state index in [1.807, 2.05) is 24.3 Å². The molecule has 1 heterocycles. The number of nitrogens with zero attached hydrogens (tertiary/aromatic N) is 2. The summed E-state index contributed by atoms with van der Waals surface area (Å²) in [6.07, 6.45) is 0. The standard InChI is InChI=1S/C25H23Cl2N3O4S/c1-16(31)18-3-6-23(29-8-10-34-11-9-29)22(13-18)28-15-17-2-7-25(24(12-17)30(32)33)35-19-4-5-20(26)21(27)14-19/h2-7,12-14,28H,8-11,15H2,1H3. The number of morpholine rings is 1. The normalized spacial score (nSPS) is 13.5. The third-order valence-electron chi connectivity index (χ3n) is 5.58. The fourth-order valence-corrected chi connectivity index (χ4v) is 5.05. The maximum absolute atomic E-state index is 12.0. The maximum atomic E-state index is 12.0. The van der Waals surface area contributed by atoms with Crippen LogP contribution < -0.4 is 10.2 Å². The molecule has 1 saturated heterocycles. The van der Waals surface area contributed by atoms with E-state index in [1.165, 1.54) is 18.7 Å². The number of halogens is 2. The smallest absolute Gasteiger partial charge is 0.283 e. The molecular weight excluding hydrogens is 509 g/mol. The lowest BCUT2D eigenvalue weighted by molar-refractivity contribution is -0.387. The van der Waals surface area contributed by atoms with Crippen LogP contribution in [0.3, 0.4) is 0 Å². The summed E-state index contributed by atoms with van der Waals surface area (Å²) in [5.74, 6) is -0.0269. The number of hydrogen-bond donors (Lipinski definition) is 1. The summed E-state index contributed by atoms with van der Waals surface area (Å²) in [6, 6.07) is 15.8. The van der Waals surface area contributed by atoms with E-state index in [9.17, 15) is 14.9 Å². The first kappa shape index (κ1) is 25.3. The molecular formula is C25H23Cl2N3O4S. The number of ether oxygens (including phenoxy) is 1. The van der Waals surface area contributed by atoms with Crippen LogP contribution in [0.5, 0.6) is 0 Å². The minimum Gasteiger partial charge on any atom is -0.379 e. The van der Waals surface area contributed by atoms with Crippen molar-refractivity contribution in [2.75, 3.05) is 36.5 Å². The van der Waals surface area contributed by atoms with Gasteiger partial charge in [0.1, 0.15) is 0 Å². The van der Waals surface area contributed by atoms with Gasteiger partial charge >= 0.3 is 0 Å². The Kier molecular flexibility index (Phi) is 8.18. The van der Waals surface area contributed by atoms with Crippen LogP contribution in [-0.2, 0) is 11.3 Å². The van der Waals surface area contributed by atoms with Gasteiger partial charge < -0.3 is 15.0 Å². The first-order valence-corrected chi connectivity index (χ1v) is 12.5. The van der Waals surface area contributed by atoms with Crippen molar-refractivity contribution in [3.63, 3.8) is 0 Å². The van der Waals surface area contributed by atoms with Crippen LogP contribution in [-0.4, -0.2) is 37.0 Å². The Bertz CT molecular complexity index is 1270. The van der Waals surface area contributed by atoms with Gasteiger partial charge in [-0.3, -0.25) is 14.9 Å². The molecule has 1 aliphatic rings. The lowest BCUT2D eigenvalue weighted by atomic mass is 10.1. The number of nitrogens with one attached hydrogen (secondary N) is 1. The number of rotatable bonds is 8. The number of carbonyl (C=O) groups excluding carboxylic acids is 1. The quantitative estimate of drug-likeness (QED) is 0.196. The van der Waals surface area contributed by atoms with E-state index in [2.05, 4.69) is 10.2 Å². The molecule has 0 atom stereocenters. The zero-order valence-corrected chi connectivity index (χ0v) is 21.3. The van der Waals surface area contributed by atoms with Crippen LogP contribution in [0.4, 0.5) is 17.1 Å². The summed E-state index contributed by atoms with van der Waals surface area (Å²) in [5.41, 5.74) is 3.13. The number of anilines is 2. The van der Waals surface area contributed by atoms with Gasteiger partial charge in [0.25, 0.3) is 5.69 Å². The van der Waals surface area contributed by atoms with Crippen molar-refractivity contribution in [3.8, 4) is 0 Å². The molecule has 0 amide bonds. The van der Waals surface area contributed by atoms with Crippen LogP contribution in [0, 0.1) is 10.1 Å². The molecule has 1 N–H and O–H groups in total.